The number of carbonyl (C=O) groups excluding carboxylic acids is 4. The van der Waals surface area contributed by atoms with Crippen LogP contribution in [-0.2, 0) is 28.7 Å². The Morgan fingerprint density at radius 3 is 1.74 bits per heavy atom. The summed E-state index contributed by atoms with van der Waals surface area (Å²) in [5.41, 5.74) is 4.67. The fraction of sp³-hybridized carbons (Fsp3) is 0.444. The molecule has 106 valence electrons. The molecule has 0 saturated carbocycles. The first-order valence-electron chi connectivity index (χ1n) is 4.82. The minimum atomic E-state index is -2.10. The van der Waals surface area contributed by atoms with Gasteiger partial charge in [-0.2, -0.15) is 0 Å². The monoisotopic (exact) mass is 276 g/mol. The first-order chi connectivity index (χ1) is 8.65. The van der Waals surface area contributed by atoms with Crippen LogP contribution in [0.15, 0.2) is 0 Å². The minimum Gasteiger partial charge on any atom is -0.478 e. The van der Waals surface area contributed by atoms with Crippen LogP contribution < -0.4 is 11.1 Å². The van der Waals surface area contributed by atoms with Crippen molar-refractivity contribution in [3.05, 3.63) is 0 Å². The van der Waals surface area contributed by atoms with E-state index in [0.29, 0.717) is 0 Å². The van der Waals surface area contributed by atoms with Crippen molar-refractivity contribution < 1.29 is 38.6 Å². The van der Waals surface area contributed by atoms with Crippen molar-refractivity contribution in [2.45, 2.75) is 26.1 Å². The van der Waals surface area contributed by atoms with Crippen molar-refractivity contribution in [3.63, 3.8) is 0 Å². The molecule has 0 aliphatic rings. The molecule has 0 spiro atoms. The van der Waals surface area contributed by atoms with Crippen molar-refractivity contribution in [1.82, 2.24) is 5.32 Å². The van der Waals surface area contributed by atoms with Gasteiger partial charge in [-0.3, -0.25) is 19.7 Å². The lowest BCUT2D eigenvalue weighted by Crippen LogP contribution is -2.52. The summed E-state index contributed by atoms with van der Waals surface area (Å²) in [5.74, 6) is -5.09. The summed E-state index contributed by atoms with van der Waals surface area (Å²) in [4.78, 5) is 54.4. The molecule has 0 heterocycles. The molecule has 19 heavy (non-hydrogen) atoms. The zero-order valence-electron chi connectivity index (χ0n) is 10.0. The molecule has 4 N–H and O–H groups in total. The predicted molar refractivity (Wildman–Crippen MR) is 56.5 cm³/mol. The second-order valence-corrected chi connectivity index (χ2v) is 3.25. The highest BCUT2D eigenvalue weighted by Gasteiger charge is 2.39. The Morgan fingerprint density at radius 1 is 1.00 bits per heavy atom. The highest BCUT2D eigenvalue weighted by atomic mass is 16.6. The SMILES string of the molecule is CC(=O)OC(C(=O)O)C(OC(C)=O)C(=O)NC(N)=O. The molecule has 0 saturated heterocycles. The van der Waals surface area contributed by atoms with Gasteiger partial charge in [0, 0.05) is 13.8 Å². The van der Waals surface area contributed by atoms with Crippen LogP contribution in [0, 0.1) is 0 Å². The van der Waals surface area contributed by atoms with Gasteiger partial charge in [-0.15, -0.1) is 0 Å². The average molecular weight is 276 g/mol. The van der Waals surface area contributed by atoms with Crippen molar-refractivity contribution in [1.29, 1.82) is 0 Å². The number of hydrogen-bond donors (Lipinski definition) is 3. The molecule has 0 aliphatic heterocycles. The third-order valence-electron chi connectivity index (χ3n) is 1.61. The predicted octanol–water partition coefficient (Wildman–Crippen LogP) is -1.87. The maximum atomic E-state index is 11.5. The Balaban J connectivity index is 5.21. The van der Waals surface area contributed by atoms with Crippen LogP contribution in [0.4, 0.5) is 4.79 Å². The van der Waals surface area contributed by atoms with E-state index in [1.165, 1.54) is 5.32 Å². The van der Waals surface area contributed by atoms with Gasteiger partial charge in [-0.05, 0) is 0 Å². The topological polar surface area (TPSA) is 162 Å². The van der Waals surface area contributed by atoms with Crippen LogP contribution in [-0.4, -0.2) is 47.2 Å². The van der Waals surface area contributed by atoms with E-state index in [1.54, 1.807) is 0 Å². The van der Waals surface area contributed by atoms with E-state index < -0.39 is 42.1 Å². The van der Waals surface area contributed by atoms with Gasteiger partial charge in [0.05, 0.1) is 0 Å². The van der Waals surface area contributed by atoms with Gasteiger partial charge in [-0.25, -0.2) is 9.59 Å². The number of rotatable bonds is 5. The molecule has 10 heteroatoms. The van der Waals surface area contributed by atoms with Crippen molar-refractivity contribution in [2.75, 3.05) is 0 Å². The number of carbonyl (C=O) groups is 5. The van der Waals surface area contributed by atoms with Crippen LogP contribution in [0.1, 0.15) is 13.8 Å². The molecule has 0 bridgehead atoms. The molecule has 0 radical (unpaired) electrons. The van der Waals surface area contributed by atoms with Gasteiger partial charge in [0.2, 0.25) is 12.2 Å². The zero-order valence-corrected chi connectivity index (χ0v) is 10.0. The quantitative estimate of drug-likeness (QED) is 0.491. The lowest BCUT2D eigenvalue weighted by atomic mass is 10.2. The summed E-state index contributed by atoms with van der Waals surface area (Å²) in [5, 5.41) is 10.3. The normalized spacial score (nSPS) is 12.7. The van der Waals surface area contributed by atoms with E-state index in [-0.39, 0.29) is 0 Å². The first kappa shape index (κ1) is 16.4. The number of nitrogens with two attached hydrogens (primary N) is 1. The molecule has 0 fully saturated rings. The fourth-order valence-electron chi connectivity index (χ4n) is 1.04. The number of nitrogens with one attached hydrogen (secondary N) is 1. The summed E-state index contributed by atoms with van der Waals surface area (Å²) < 4.78 is 8.77. The summed E-state index contributed by atoms with van der Waals surface area (Å²) in [6.45, 7) is 1.80. The molecule has 2 atom stereocenters. The van der Waals surface area contributed by atoms with Crippen molar-refractivity contribution >= 4 is 29.8 Å². The van der Waals surface area contributed by atoms with Crippen LogP contribution in [0.25, 0.3) is 0 Å². The van der Waals surface area contributed by atoms with Crippen LogP contribution in [0.2, 0.25) is 0 Å². The van der Waals surface area contributed by atoms with Gasteiger partial charge >= 0.3 is 23.9 Å². The fourth-order valence-corrected chi connectivity index (χ4v) is 1.04. The van der Waals surface area contributed by atoms with E-state index in [0.717, 1.165) is 13.8 Å². The Bertz CT molecular complexity index is 418. The Labute approximate surface area is 106 Å². The van der Waals surface area contributed by atoms with Gasteiger partial charge < -0.3 is 20.3 Å². The highest BCUT2D eigenvalue weighted by molar-refractivity contribution is 5.99. The van der Waals surface area contributed by atoms with Crippen molar-refractivity contribution in [3.8, 4) is 0 Å². The zero-order chi connectivity index (χ0) is 15.2. The first-order valence-corrected chi connectivity index (χ1v) is 4.82. The van der Waals surface area contributed by atoms with Gasteiger partial charge in [0.1, 0.15) is 0 Å². The number of primary amides is 1. The van der Waals surface area contributed by atoms with E-state index in [4.69, 9.17) is 5.11 Å². The van der Waals surface area contributed by atoms with Crippen LogP contribution >= 0.6 is 0 Å². The molecule has 10 nitrogen and oxygen atoms in total. The molecule has 0 aromatic rings. The maximum Gasteiger partial charge on any atom is 0.349 e. The Hall–Kier alpha value is -2.65. The largest absolute Gasteiger partial charge is 0.478 e. The molecule has 0 rings (SSSR count). The standard InChI is InChI=1S/C9H12N2O8/c1-3(12)18-5(7(14)11-9(10)17)6(8(15)16)19-4(2)13/h5-6H,1-2H3,(H,15,16)(H3,10,11,14,17). The van der Waals surface area contributed by atoms with E-state index in [9.17, 15) is 24.0 Å². The van der Waals surface area contributed by atoms with Gasteiger partial charge in [0.15, 0.2) is 0 Å². The summed E-state index contributed by atoms with van der Waals surface area (Å²) >= 11 is 0. The van der Waals surface area contributed by atoms with E-state index >= 15 is 0 Å². The number of imide groups is 1. The number of amides is 3. The van der Waals surface area contributed by atoms with Crippen molar-refractivity contribution in [2.24, 2.45) is 5.73 Å². The maximum absolute atomic E-state index is 11.5. The number of carboxylic acids is 1. The van der Waals surface area contributed by atoms with E-state index in [2.05, 4.69) is 15.2 Å². The molecular formula is C9H12N2O8. The van der Waals surface area contributed by atoms with Crippen LogP contribution in [0.5, 0.6) is 0 Å². The average Bonchev–Trinajstić information content (AvgIpc) is 2.20. The van der Waals surface area contributed by atoms with E-state index in [1.807, 2.05) is 0 Å². The lowest BCUT2D eigenvalue weighted by Gasteiger charge is -2.21. The number of aliphatic carboxylic acids is 1. The summed E-state index contributed by atoms with van der Waals surface area (Å²) in [7, 11) is 0. The lowest BCUT2D eigenvalue weighted by molar-refractivity contribution is -0.180. The number of carboxylic acid groups (broad SMARTS) is 1. The number of esters is 2. The Kier molecular flexibility index (Phi) is 5.97. The van der Waals surface area contributed by atoms with Gasteiger partial charge in [0.25, 0.3) is 5.91 Å². The second-order valence-electron chi connectivity index (χ2n) is 3.25. The smallest absolute Gasteiger partial charge is 0.349 e. The third kappa shape index (κ3) is 6.00. The number of urea groups is 1. The number of ether oxygens (including phenoxy) is 2. The molecular weight excluding hydrogens is 264 g/mol. The molecule has 3 amide bonds. The minimum absolute atomic E-state index is 0.896. The molecule has 2 unspecified atom stereocenters. The number of hydrogen-bond acceptors (Lipinski definition) is 7. The summed E-state index contributed by atoms with van der Waals surface area (Å²) in [6.07, 6.45) is -4.13. The highest BCUT2D eigenvalue weighted by Crippen LogP contribution is 2.07. The van der Waals surface area contributed by atoms with Gasteiger partial charge in [-0.1, -0.05) is 0 Å². The second kappa shape index (κ2) is 6.93. The Morgan fingerprint density at radius 2 is 1.42 bits per heavy atom. The third-order valence-corrected chi connectivity index (χ3v) is 1.61. The van der Waals surface area contributed by atoms with Crippen LogP contribution in [0.3, 0.4) is 0 Å². The molecule has 0 aromatic heterocycles. The molecule has 0 aromatic carbocycles. The molecule has 0 aliphatic carbocycles. The summed E-state index contributed by atoms with van der Waals surface area (Å²) in [6, 6.07) is -1.28.